The van der Waals surface area contributed by atoms with Crippen molar-refractivity contribution < 1.29 is 9.53 Å². The van der Waals surface area contributed by atoms with E-state index in [-0.39, 0.29) is 11.4 Å². The molecule has 0 fully saturated rings. The van der Waals surface area contributed by atoms with Gasteiger partial charge >= 0.3 is 5.97 Å². The fourth-order valence-electron chi connectivity index (χ4n) is 1.60. The van der Waals surface area contributed by atoms with E-state index in [1.54, 1.807) is 6.92 Å². The van der Waals surface area contributed by atoms with Gasteiger partial charge in [0.2, 0.25) is 0 Å². The van der Waals surface area contributed by atoms with Crippen molar-refractivity contribution in [3.8, 4) is 6.07 Å². The minimum absolute atomic E-state index is 0.128. The highest BCUT2D eigenvalue weighted by molar-refractivity contribution is 14.1. The number of nitrogen functional groups attached to an aromatic ring is 1. The largest absolute Gasteiger partial charge is 0.454 e. The molecule has 15 heavy (non-hydrogen) atoms. The summed E-state index contributed by atoms with van der Waals surface area (Å²) in [5, 5.41) is 8.98. The van der Waals surface area contributed by atoms with E-state index in [4.69, 9.17) is 15.7 Å². The van der Waals surface area contributed by atoms with E-state index in [0.717, 1.165) is 0 Å². The third-order valence-electron chi connectivity index (χ3n) is 2.23. The normalized spacial score (nSPS) is 18.2. The minimum Gasteiger partial charge on any atom is -0.454 e. The summed E-state index contributed by atoms with van der Waals surface area (Å²) in [6.07, 6.45) is -0.430. The van der Waals surface area contributed by atoms with Crippen molar-refractivity contribution in [1.82, 2.24) is 4.98 Å². The molecule has 0 spiro atoms. The van der Waals surface area contributed by atoms with E-state index in [1.165, 1.54) is 0 Å². The third-order valence-corrected chi connectivity index (χ3v) is 3.01. The first kappa shape index (κ1) is 10.2. The molecule has 2 heterocycles. The molecule has 1 aromatic heterocycles. The summed E-state index contributed by atoms with van der Waals surface area (Å²) in [5.74, 6) is -0.377. The zero-order valence-corrected chi connectivity index (χ0v) is 9.90. The molecule has 0 aliphatic carbocycles. The third kappa shape index (κ3) is 1.34. The number of pyridine rings is 1. The van der Waals surface area contributed by atoms with Gasteiger partial charge in [0.05, 0.1) is 5.56 Å². The Labute approximate surface area is 99.4 Å². The van der Waals surface area contributed by atoms with Crippen LogP contribution in [-0.4, -0.2) is 11.0 Å². The van der Waals surface area contributed by atoms with Crippen molar-refractivity contribution in [2.45, 2.75) is 13.0 Å². The summed E-state index contributed by atoms with van der Waals surface area (Å²) in [6.45, 7) is 1.71. The Bertz CT molecular complexity index is 507. The maximum atomic E-state index is 11.4. The van der Waals surface area contributed by atoms with E-state index in [0.29, 0.717) is 14.8 Å². The molecular formula is C9H6IN3O2. The molecule has 0 radical (unpaired) electrons. The zero-order chi connectivity index (χ0) is 11.2. The first-order valence-corrected chi connectivity index (χ1v) is 5.24. The number of nitrogens with zero attached hydrogens (tertiary/aromatic N) is 2. The summed E-state index contributed by atoms with van der Waals surface area (Å²) in [4.78, 5) is 15.4. The minimum atomic E-state index is -0.504. The van der Waals surface area contributed by atoms with E-state index in [9.17, 15) is 4.79 Å². The second-order valence-corrected chi connectivity index (χ2v) is 4.13. The van der Waals surface area contributed by atoms with Gasteiger partial charge in [0.15, 0.2) is 0 Å². The van der Waals surface area contributed by atoms with Gasteiger partial charge in [-0.2, -0.15) is 5.26 Å². The van der Waals surface area contributed by atoms with Crippen LogP contribution in [0, 0.1) is 15.0 Å². The monoisotopic (exact) mass is 315 g/mol. The zero-order valence-electron chi connectivity index (χ0n) is 7.74. The summed E-state index contributed by atoms with van der Waals surface area (Å²) >= 11 is 1.92. The lowest BCUT2D eigenvalue weighted by Crippen LogP contribution is -2.06. The Morgan fingerprint density at radius 3 is 2.93 bits per heavy atom. The highest BCUT2D eigenvalue weighted by Gasteiger charge is 2.34. The number of cyclic esters (lactones) is 1. The van der Waals surface area contributed by atoms with Gasteiger partial charge in [0.25, 0.3) is 0 Å². The van der Waals surface area contributed by atoms with Crippen molar-refractivity contribution >= 4 is 34.4 Å². The predicted molar refractivity (Wildman–Crippen MR) is 59.9 cm³/mol. The number of nitrogens with two attached hydrogens (primary N) is 1. The van der Waals surface area contributed by atoms with Gasteiger partial charge in [-0.15, -0.1) is 0 Å². The lowest BCUT2D eigenvalue weighted by Gasteiger charge is -2.06. The molecule has 0 saturated carbocycles. The Morgan fingerprint density at radius 1 is 1.67 bits per heavy atom. The lowest BCUT2D eigenvalue weighted by molar-refractivity contribution is 0.0422. The van der Waals surface area contributed by atoms with Crippen molar-refractivity contribution in [2.75, 3.05) is 5.73 Å². The second-order valence-electron chi connectivity index (χ2n) is 3.11. The average Bonchev–Trinajstić information content (AvgIpc) is 2.43. The topological polar surface area (TPSA) is 89.0 Å². The van der Waals surface area contributed by atoms with Crippen molar-refractivity contribution in [1.29, 1.82) is 5.26 Å². The number of carbonyl (C=O) groups is 1. The van der Waals surface area contributed by atoms with Crippen molar-refractivity contribution in [3.05, 3.63) is 20.4 Å². The Morgan fingerprint density at radius 2 is 2.33 bits per heavy atom. The van der Waals surface area contributed by atoms with Crippen LogP contribution in [0.15, 0.2) is 0 Å². The van der Waals surface area contributed by atoms with Gasteiger partial charge in [0, 0.05) is 5.56 Å². The predicted octanol–water partition coefficient (Wildman–Crippen LogP) is 1.37. The number of esters is 1. The Balaban J connectivity index is 2.84. The fraction of sp³-hybridized carbons (Fsp3) is 0.222. The van der Waals surface area contributed by atoms with Gasteiger partial charge in [0.1, 0.15) is 27.3 Å². The molecule has 0 saturated heterocycles. The molecule has 5 nitrogen and oxygen atoms in total. The van der Waals surface area contributed by atoms with Crippen LogP contribution in [0.2, 0.25) is 0 Å². The van der Waals surface area contributed by atoms with Crippen LogP contribution in [0.3, 0.4) is 0 Å². The number of rotatable bonds is 0. The van der Waals surface area contributed by atoms with E-state index >= 15 is 0 Å². The SMILES string of the molecule is C[C@@H]1OC(=O)c2c(N)nc(I)c(C#N)c21. The first-order valence-electron chi connectivity index (χ1n) is 4.16. The van der Waals surface area contributed by atoms with Crippen molar-refractivity contribution in [3.63, 3.8) is 0 Å². The molecule has 0 aromatic carbocycles. The number of fused-ring (bicyclic) bond motifs is 1. The van der Waals surface area contributed by atoms with Crippen LogP contribution in [-0.2, 0) is 4.74 Å². The summed E-state index contributed by atoms with van der Waals surface area (Å²) < 4.78 is 5.49. The summed E-state index contributed by atoms with van der Waals surface area (Å²) in [5.41, 5.74) is 6.79. The number of nitriles is 1. The molecule has 0 bridgehead atoms. The fourth-order valence-corrected chi connectivity index (χ4v) is 2.27. The van der Waals surface area contributed by atoms with Gasteiger partial charge in [-0.25, -0.2) is 9.78 Å². The molecule has 2 rings (SSSR count). The smallest absolute Gasteiger partial charge is 0.342 e. The van der Waals surface area contributed by atoms with Crippen LogP contribution >= 0.6 is 22.6 Å². The molecule has 2 N–H and O–H groups in total. The molecule has 6 heteroatoms. The van der Waals surface area contributed by atoms with Crippen LogP contribution in [0.25, 0.3) is 0 Å². The molecule has 1 aromatic rings. The van der Waals surface area contributed by atoms with Crippen molar-refractivity contribution in [2.24, 2.45) is 0 Å². The number of anilines is 1. The summed E-state index contributed by atoms with van der Waals surface area (Å²) in [7, 11) is 0. The summed E-state index contributed by atoms with van der Waals surface area (Å²) in [6, 6.07) is 2.02. The number of halogens is 1. The number of aromatic nitrogens is 1. The molecule has 1 aliphatic rings. The molecule has 76 valence electrons. The van der Waals surface area contributed by atoms with Crippen LogP contribution < -0.4 is 5.73 Å². The lowest BCUT2D eigenvalue weighted by atomic mass is 10.0. The highest BCUT2D eigenvalue weighted by Crippen LogP contribution is 2.36. The van der Waals surface area contributed by atoms with Gasteiger partial charge in [-0.05, 0) is 29.5 Å². The maximum absolute atomic E-state index is 11.4. The number of hydrogen-bond acceptors (Lipinski definition) is 5. The molecule has 0 amide bonds. The maximum Gasteiger partial charge on any atom is 0.342 e. The van der Waals surface area contributed by atoms with Crippen LogP contribution in [0.1, 0.15) is 34.5 Å². The number of hydrogen-bond donors (Lipinski definition) is 1. The Kier molecular flexibility index (Phi) is 2.26. The van der Waals surface area contributed by atoms with Gasteiger partial charge in [-0.1, -0.05) is 0 Å². The Hall–Kier alpha value is -1.36. The second kappa shape index (κ2) is 3.34. The van der Waals surface area contributed by atoms with Gasteiger partial charge < -0.3 is 10.5 Å². The van der Waals surface area contributed by atoms with E-state index in [1.807, 2.05) is 28.7 Å². The van der Waals surface area contributed by atoms with Gasteiger partial charge in [-0.3, -0.25) is 0 Å². The molecule has 0 unspecified atom stereocenters. The number of carbonyl (C=O) groups excluding carboxylic acids is 1. The first-order chi connectivity index (χ1) is 7.06. The molecule has 1 atom stereocenters. The molecule has 1 aliphatic heterocycles. The van der Waals surface area contributed by atoms with E-state index in [2.05, 4.69) is 4.98 Å². The average molecular weight is 315 g/mol. The highest BCUT2D eigenvalue weighted by atomic mass is 127. The van der Waals surface area contributed by atoms with Crippen LogP contribution in [0.5, 0.6) is 0 Å². The quantitative estimate of drug-likeness (QED) is 0.444. The standard InChI is InChI=1S/C9H6IN3O2/c1-3-5-4(2-11)7(10)13-8(12)6(5)9(14)15-3/h3H,1H3,(H2,12,13)/t3-/m0/s1. The van der Waals surface area contributed by atoms with Crippen LogP contribution in [0.4, 0.5) is 5.82 Å². The van der Waals surface area contributed by atoms with E-state index < -0.39 is 12.1 Å². The molecular weight excluding hydrogens is 309 g/mol. The number of ether oxygens (including phenoxy) is 1.